The van der Waals surface area contributed by atoms with Crippen molar-refractivity contribution in [2.75, 3.05) is 18.1 Å². The minimum Gasteiger partial charge on any atom is -0.484 e. The van der Waals surface area contributed by atoms with Gasteiger partial charge in [-0.1, -0.05) is 29.8 Å². The summed E-state index contributed by atoms with van der Waals surface area (Å²) in [5.74, 6) is -0.261. The molecule has 0 N–H and O–H groups in total. The molecule has 1 aliphatic heterocycles. The molecular formula is C19H19ClN2O6S. The number of nitrogens with zero attached hydrogens (tertiary/aromatic N) is 2. The number of carbonyl (C=O) groups excluding carboxylic acids is 1. The Morgan fingerprint density at radius 2 is 1.97 bits per heavy atom. The molecule has 0 radical (unpaired) electrons. The minimum absolute atomic E-state index is 0.0355. The predicted molar refractivity (Wildman–Crippen MR) is 108 cm³/mol. The summed E-state index contributed by atoms with van der Waals surface area (Å²) in [4.78, 5) is 24.7. The highest BCUT2D eigenvalue weighted by molar-refractivity contribution is 7.91. The van der Waals surface area contributed by atoms with E-state index in [0.29, 0.717) is 11.4 Å². The van der Waals surface area contributed by atoms with Gasteiger partial charge in [0, 0.05) is 23.7 Å². The molecule has 2 aromatic carbocycles. The topological polar surface area (TPSA) is 107 Å². The number of rotatable bonds is 7. The van der Waals surface area contributed by atoms with E-state index in [2.05, 4.69) is 0 Å². The van der Waals surface area contributed by atoms with E-state index >= 15 is 0 Å². The molecule has 10 heteroatoms. The number of ether oxygens (including phenoxy) is 1. The Labute approximate surface area is 173 Å². The van der Waals surface area contributed by atoms with E-state index in [1.165, 1.54) is 29.2 Å². The zero-order valence-corrected chi connectivity index (χ0v) is 16.9. The molecule has 29 heavy (non-hydrogen) atoms. The lowest BCUT2D eigenvalue weighted by atomic mass is 10.1. The molecule has 0 aromatic heterocycles. The maximum absolute atomic E-state index is 12.9. The molecule has 0 saturated carbocycles. The van der Waals surface area contributed by atoms with Crippen molar-refractivity contribution < 1.29 is 22.9 Å². The van der Waals surface area contributed by atoms with Crippen molar-refractivity contribution in [3.05, 3.63) is 69.2 Å². The largest absolute Gasteiger partial charge is 0.484 e. The number of nitro groups is 1. The van der Waals surface area contributed by atoms with Crippen LogP contribution in [0.25, 0.3) is 0 Å². The molecule has 1 aliphatic rings. The van der Waals surface area contributed by atoms with E-state index < -0.39 is 26.7 Å². The average molecular weight is 439 g/mol. The van der Waals surface area contributed by atoms with Gasteiger partial charge >= 0.3 is 0 Å². The summed E-state index contributed by atoms with van der Waals surface area (Å²) in [5, 5.41) is 11.4. The van der Waals surface area contributed by atoms with Crippen LogP contribution in [0.2, 0.25) is 5.02 Å². The van der Waals surface area contributed by atoms with Gasteiger partial charge in [0.05, 0.1) is 22.5 Å². The van der Waals surface area contributed by atoms with E-state index in [-0.39, 0.29) is 36.1 Å². The van der Waals surface area contributed by atoms with Gasteiger partial charge in [-0.3, -0.25) is 14.9 Å². The third-order valence-corrected chi connectivity index (χ3v) is 6.63. The van der Waals surface area contributed by atoms with Crippen LogP contribution in [0, 0.1) is 10.1 Å². The fourth-order valence-corrected chi connectivity index (χ4v) is 5.00. The van der Waals surface area contributed by atoms with Crippen LogP contribution in [0.5, 0.6) is 5.75 Å². The second-order valence-corrected chi connectivity index (χ2v) is 9.41. The highest BCUT2D eigenvalue weighted by Crippen LogP contribution is 2.23. The van der Waals surface area contributed by atoms with Gasteiger partial charge in [0.25, 0.3) is 11.6 Å². The third kappa shape index (κ3) is 5.68. The second kappa shape index (κ2) is 8.79. The van der Waals surface area contributed by atoms with E-state index in [0.717, 1.165) is 5.56 Å². The molecule has 1 fully saturated rings. The number of hydrogen-bond donors (Lipinski definition) is 0. The number of halogens is 1. The van der Waals surface area contributed by atoms with Crippen molar-refractivity contribution in [2.45, 2.75) is 19.0 Å². The Kier molecular flexibility index (Phi) is 6.39. The Morgan fingerprint density at radius 3 is 2.59 bits per heavy atom. The zero-order chi connectivity index (χ0) is 21.0. The average Bonchev–Trinajstić information content (AvgIpc) is 3.05. The van der Waals surface area contributed by atoms with Crippen molar-refractivity contribution >= 4 is 33.0 Å². The summed E-state index contributed by atoms with van der Waals surface area (Å²) >= 11 is 5.90. The number of nitro benzene ring substituents is 1. The number of hydrogen-bond acceptors (Lipinski definition) is 6. The molecule has 1 atom stereocenters. The molecule has 1 amide bonds. The van der Waals surface area contributed by atoms with Crippen LogP contribution >= 0.6 is 11.6 Å². The summed E-state index contributed by atoms with van der Waals surface area (Å²) in [6.07, 6.45) is 0.360. The molecule has 0 bridgehead atoms. The first kappa shape index (κ1) is 21.1. The monoisotopic (exact) mass is 438 g/mol. The van der Waals surface area contributed by atoms with E-state index in [1.807, 2.05) is 0 Å². The highest BCUT2D eigenvalue weighted by atomic mass is 35.5. The van der Waals surface area contributed by atoms with Crippen LogP contribution in [-0.4, -0.2) is 48.3 Å². The van der Waals surface area contributed by atoms with Gasteiger partial charge in [-0.05, 0) is 30.2 Å². The normalized spacial score (nSPS) is 17.6. The number of sulfone groups is 1. The molecule has 1 heterocycles. The zero-order valence-electron chi connectivity index (χ0n) is 15.4. The smallest absolute Gasteiger partial charge is 0.273 e. The van der Waals surface area contributed by atoms with E-state index in [9.17, 15) is 23.3 Å². The van der Waals surface area contributed by atoms with Gasteiger partial charge in [-0.2, -0.15) is 0 Å². The first-order chi connectivity index (χ1) is 13.7. The predicted octanol–water partition coefficient (Wildman–Crippen LogP) is 2.84. The van der Waals surface area contributed by atoms with Gasteiger partial charge in [0.15, 0.2) is 16.4 Å². The van der Waals surface area contributed by atoms with Crippen molar-refractivity contribution in [2.24, 2.45) is 0 Å². The third-order valence-electron chi connectivity index (χ3n) is 4.63. The second-order valence-electron chi connectivity index (χ2n) is 6.75. The van der Waals surface area contributed by atoms with Crippen LogP contribution < -0.4 is 4.74 Å². The first-order valence-corrected chi connectivity index (χ1v) is 11.0. The fourth-order valence-electron chi connectivity index (χ4n) is 3.14. The molecular weight excluding hydrogens is 420 g/mol. The molecule has 0 unspecified atom stereocenters. The SMILES string of the molecule is O=C(COc1cccc([N+](=O)[O-])c1)N(Cc1ccc(Cl)cc1)[C@H]1CCS(=O)(=O)C1. The van der Waals surface area contributed by atoms with Crippen molar-refractivity contribution in [3.63, 3.8) is 0 Å². The lowest BCUT2D eigenvalue weighted by Crippen LogP contribution is -2.43. The van der Waals surface area contributed by atoms with Gasteiger partial charge in [0.2, 0.25) is 0 Å². The summed E-state index contributed by atoms with van der Waals surface area (Å²) in [6.45, 7) is -0.139. The Hall–Kier alpha value is -2.65. The van der Waals surface area contributed by atoms with Crippen LogP contribution in [0.1, 0.15) is 12.0 Å². The van der Waals surface area contributed by atoms with Gasteiger partial charge < -0.3 is 9.64 Å². The van der Waals surface area contributed by atoms with Crippen LogP contribution in [0.3, 0.4) is 0 Å². The number of amides is 1. The van der Waals surface area contributed by atoms with Crippen LogP contribution in [0.4, 0.5) is 5.69 Å². The van der Waals surface area contributed by atoms with Crippen molar-refractivity contribution in [1.29, 1.82) is 0 Å². The van der Waals surface area contributed by atoms with Crippen molar-refractivity contribution in [3.8, 4) is 5.75 Å². The number of benzene rings is 2. The van der Waals surface area contributed by atoms with Gasteiger partial charge in [0.1, 0.15) is 5.75 Å². The summed E-state index contributed by atoms with van der Waals surface area (Å²) in [5.41, 5.74) is 0.664. The fraction of sp³-hybridized carbons (Fsp3) is 0.316. The summed E-state index contributed by atoms with van der Waals surface area (Å²) in [6, 6.07) is 12.0. The molecule has 2 aromatic rings. The quantitative estimate of drug-likeness (QED) is 0.486. The van der Waals surface area contributed by atoms with E-state index in [4.69, 9.17) is 16.3 Å². The van der Waals surface area contributed by atoms with Gasteiger partial charge in [-0.25, -0.2) is 8.42 Å². The van der Waals surface area contributed by atoms with Crippen molar-refractivity contribution in [1.82, 2.24) is 4.90 Å². The van der Waals surface area contributed by atoms with E-state index in [1.54, 1.807) is 24.3 Å². The first-order valence-electron chi connectivity index (χ1n) is 8.85. The Balaban J connectivity index is 1.74. The molecule has 8 nitrogen and oxygen atoms in total. The lowest BCUT2D eigenvalue weighted by molar-refractivity contribution is -0.384. The number of carbonyl (C=O) groups is 1. The summed E-state index contributed by atoms with van der Waals surface area (Å²) in [7, 11) is -3.19. The summed E-state index contributed by atoms with van der Waals surface area (Å²) < 4.78 is 29.2. The maximum atomic E-state index is 12.9. The molecule has 154 valence electrons. The maximum Gasteiger partial charge on any atom is 0.273 e. The minimum atomic E-state index is -3.19. The molecule has 3 rings (SSSR count). The number of non-ortho nitro benzene ring substituents is 1. The standard InChI is InChI=1S/C19H19ClN2O6S/c20-15-6-4-14(5-7-15)11-21(17-8-9-29(26,27)13-17)19(23)12-28-18-3-1-2-16(10-18)22(24)25/h1-7,10,17H,8-9,11-13H2/t17-/m0/s1. The Morgan fingerprint density at radius 1 is 1.24 bits per heavy atom. The highest BCUT2D eigenvalue weighted by Gasteiger charge is 2.34. The molecule has 1 saturated heterocycles. The lowest BCUT2D eigenvalue weighted by Gasteiger charge is -2.28. The Bertz CT molecular complexity index is 1010. The van der Waals surface area contributed by atoms with Crippen LogP contribution in [0.15, 0.2) is 48.5 Å². The van der Waals surface area contributed by atoms with Crippen LogP contribution in [-0.2, 0) is 21.2 Å². The van der Waals surface area contributed by atoms with Gasteiger partial charge in [-0.15, -0.1) is 0 Å². The molecule has 0 aliphatic carbocycles. The molecule has 0 spiro atoms.